The van der Waals surface area contributed by atoms with Gasteiger partial charge in [-0.1, -0.05) is 0 Å². The lowest BCUT2D eigenvalue weighted by molar-refractivity contribution is -0.00618. The maximum absolute atomic E-state index is 11.9. The molecule has 4 N–H and O–H groups in total. The van der Waals surface area contributed by atoms with Crippen LogP contribution in [0.5, 0.6) is 0 Å². The summed E-state index contributed by atoms with van der Waals surface area (Å²) in [6.07, 6.45) is 0.840. The highest BCUT2D eigenvalue weighted by Crippen LogP contribution is 2.26. The predicted octanol–water partition coefficient (Wildman–Crippen LogP) is 1.24. The molecule has 1 atom stereocenters. The summed E-state index contributed by atoms with van der Waals surface area (Å²) in [5.41, 5.74) is 7.57. The topological polar surface area (TPSA) is 85.6 Å². The van der Waals surface area contributed by atoms with Crippen molar-refractivity contribution in [2.75, 3.05) is 44.5 Å². The fourth-order valence-corrected chi connectivity index (χ4v) is 2.33. The highest BCUT2D eigenvalue weighted by molar-refractivity contribution is 5.96. The Morgan fingerprint density at radius 3 is 2.95 bits per heavy atom. The van der Waals surface area contributed by atoms with Crippen molar-refractivity contribution in [3.05, 3.63) is 23.8 Å². The molecule has 1 unspecified atom stereocenters. The Bertz CT molecular complexity index is 499. The molecule has 1 heterocycles. The third kappa shape index (κ3) is 3.65. The molecule has 116 valence electrons. The van der Waals surface area contributed by atoms with Crippen LogP contribution in [0.1, 0.15) is 23.7 Å². The molecule has 0 radical (unpaired) electrons. The van der Waals surface area contributed by atoms with Gasteiger partial charge in [-0.3, -0.25) is 4.79 Å². The van der Waals surface area contributed by atoms with Gasteiger partial charge in [-0.2, -0.15) is 0 Å². The summed E-state index contributed by atoms with van der Waals surface area (Å²) in [6.45, 7) is 4.33. The number of nitrogen functional groups attached to an aromatic ring is 1. The minimum atomic E-state index is -0.325. The Balaban J connectivity index is 2.08. The lowest BCUT2D eigenvalue weighted by atomic mass is 10.0. The van der Waals surface area contributed by atoms with Gasteiger partial charge in [0.15, 0.2) is 0 Å². The summed E-state index contributed by atoms with van der Waals surface area (Å²) in [6, 6.07) is 5.22. The van der Waals surface area contributed by atoms with Crippen LogP contribution in [0.3, 0.4) is 0 Å². The van der Waals surface area contributed by atoms with E-state index < -0.39 is 0 Å². The second kappa shape index (κ2) is 6.78. The van der Waals surface area contributed by atoms with E-state index in [9.17, 15) is 4.79 Å². The van der Waals surface area contributed by atoms with Crippen molar-refractivity contribution in [2.45, 2.75) is 18.9 Å². The van der Waals surface area contributed by atoms with Crippen LogP contribution in [0.4, 0.5) is 11.4 Å². The molecule has 1 aliphatic rings. The maximum atomic E-state index is 11.9. The summed E-state index contributed by atoms with van der Waals surface area (Å²) in [5.74, 6) is -0.105. The van der Waals surface area contributed by atoms with Crippen LogP contribution in [0.2, 0.25) is 0 Å². The summed E-state index contributed by atoms with van der Waals surface area (Å²) in [5, 5.41) is 6.05. The Morgan fingerprint density at radius 2 is 2.33 bits per heavy atom. The number of amides is 1. The summed E-state index contributed by atoms with van der Waals surface area (Å²) < 4.78 is 11.0. The first-order valence-corrected chi connectivity index (χ1v) is 7.15. The third-order valence-corrected chi connectivity index (χ3v) is 3.75. The van der Waals surface area contributed by atoms with Crippen LogP contribution in [-0.4, -0.2) is 44.9 Å². The fraction of sp³-hybridized carbons (Fsp3) is 0.533. The number of hydrogen-bond donors (Lipinski definition) is 3. The van der Waals surface area contributed by atoms with Crippen molar-refractivity contribution in [3.8, 4) is 0 Å². The van der Waals surface area contributed by atoms with E-state index in [-0.39, 0.29) is 11.5 Å². The third-order valence-electron chi connectivity index (χ3n) is 3.75. The average molecular weight is 293 g/mol. The molecule has 1 fully saturated rings. The van der Waals surface area contributed by atoms with Gasteiger partial charge in [-0.25, -0.2) is 0 Å². The van der Waals surface area contributed by atoms with Gasteiger partial charge in [0.1, 0.15) is 5.60 Å². The number of nitrogens with two attached hydrogens (primary N) is 1. The first-order valence-electron chi connectivity index (χ1n) is 7.15. The first kappa shape index (κ1) is 15.6. The number of benzene rings is 1. The van der Waals surface area contributed by atoms with Crippen LogP contribution in [0, 0.1) is 0 Å². The van der Waals surface area contributed by atoms with E-state index in [0.717, 1.165) is 12.1 Å². The van der Waals surface area contributed by atoms with Crippen molar-refractivity contribution in [3.63, 3.8) is 0 Å². The van der Waals surface area contributed by atoms with Crippen LogP contribution >= 0.6 is 0 Å². The molecule has 0 aromatic heterocycles. The quantitative estimate of drug-likeness (QED) is 0.687. The van der Waals surface area contributed by atoms with E-state index in [2.05, 4.69) is 10.6 Å². The Kier molecular flexibility index (Phi) is 5.03. The molecule has 0 aliphatic carbocycles. The molecule has 1 aromatic carbocycles. The lowest BCUT2D eigenvalue weighted by Crippen LogP contribution is -2.39. The van der Waals surface area contributed by atoms with E-state index in [0.29, 0.717) is 37.6 Å². The molecule has 2 rings (SSSR count). The van der Waals surface area contributed by atoms with E-state index in [1.54, 1.807) is 25.3 Å². The van der Waals surface area contributed by atoms with Crippen molar-refractivity contribution < 1.29 is 14.3 Å². The minimum absolute atomic E-state index is 0.105. The molecule has 1 aromatic rings. The lowest BCUT2D eigenvalue weighted by Gasteiger charge is -2.27. The molecule has 6 heteroatoms. The van der Waals surface area contributed by atoms with Gasteiger partial charge in [0.2, 0.25) is 0 Å². The van der Waals surface area contributed by atoms with Crippen molar-refractivity contribution in [1.82, 2.24) is 5.32 Å². The monoisotopic (exact) mass is 293 g/mol. The van der Waals surface area contributed by atoms with E-state index in [4.69, 9.17) is 15.2 Å². The number of nitrogens with one attached hydrogen (secondary N) is 2. The molecular weight excluding hydrogens is 270 g/mol. The summed E-state index contributed by atoms with van der Waals surface area (Å²) in [7, 11) is 1.69. The largest absolute Gasteiger partial charge is 0.397 e. The SMILES string of the molecule is CCNC(=O)c1ccc(N)c(NCC2(OC)CCOC2)c1. The van der Waals surface area contributed by atoms with Gasteiger partial charge < -0.3 is 25.8 Å². The van der Waals surface area contributed by atoms with Crippen LogP contribution in [0.25, 0.3) is 0 Å². The Labute approximate surface area is 125 Å². The van der Waals surface area contributed by atoms with Gasteiger partial charge in [0.25, 0.3) is 5.91 Å². The number of anilines is 2. The normalized spacial score (nSPS) is 21.2. The average Bonchev–Trinajstić information content (AvgIpc) is 2.96. The molecule has 1 aliphatic heterocycles. The zero-order valence-electron chi connectivity index (χ0n) is 12.6. The van der Waals surface area contributed by atoms with Gasteiger partial charge in [0.05, 0.1) is 18.0 Å². The maximum Gasteiger partial charge on any atom is 0.251 e. The van der Waals surface area contributed by atoms with E-state index >= 15 is 0 Å². The van der Waals surface area contributed by atoms with E-state index in [1.165, 1.54) is 0 Å². The number of methoxy groups -OCH3 is 1. The predicted molar refractivity (Wildman–Crippen MR) is 82.5 cm³/mol. The Hall–Kier alpha value is -1.79. The number of hydrogen-bond acceptors (Lipinski definition) is 5. The zero-order chi connectivity index (χ0) is 15.3. The number of carbonyl (C=O) groups excluding carboxylic acids is 1. The number of ether oxygens (including phenoxy) is 2. The van der Waals surface area contributed by atoms with Gasteiger partial charge in [0, 0.05) is 38.8 Å². The van der Waals surface area contributed by atoms with Crippen molar-refractivity contribution in [1.29, 1.82) is 0 Å². The minimum Gasteiger partial charge on any atom is -0.397 e. The standard InChI is InChI=1S/C15H23N3O3/c1-3-17-14(19)11-4-5-12(16)13(8-11)18-9-15(20-2)6-7-21-10-15/h4-5,8,18H,3,6-7,9-10,16H2,1-2H3,(H,17,19). The van der Waals surface area contributed by atoms with Gasteiger partial charge in [-0.15, -0.1) is 0 Å². The van der Waals surface area contributed by atoms with Gasteiger partial charge in [-0.05, 0) is 25.1 Å². The molecular formula is C15H23N3O3. The molecule has 0 saturated carbocycles. The molecule has 1 amide bonds. The highest BCUT2D eigenvalue weighted by atomic mass is 16.5. The molecule has 1 saturated heterocycles. The first-order chi connectivity index (χ1) is 10.1. The zero-order valence-corrected chi connectivity index (χ0v) is 12.6. The second-order valence-corrected chi connectivity index (χ2v) is 5.20. The van der Waals surface area contributed by atoms with Crippen LogP contribution < -0.4 is 16.4 Å². The van der Waals surface area contributed by atoms with E-state index in [1.807, 2.05) is 6.92 Å². The molecule has 21 heavy (non-hydrogen) atoms. The van der Waals surface area contributed by atoms with Crippen molar-refractivity contribution in [2.24, 2.45) is 0 Å². The van der Waals surface area contributed by atoms with Crippen molar-refractivity contribution >= 4 is 17.3 Å². The number of carbonyl (C=O) groups is 1. The summed E-state index contributed by atoms with van der Waals surface area (Å²) in [4.78, 5) is 11.9. The summed E-state index contributed by atoms with van der Waals surface area (Å²) >= 11 is 0. The van der Waals surface area contributed by atoms with Gasteiger partial charge >= 0.3 is 0 Å². The molecule has 0 bridgehead atoms. The second-order valence-electron chi connectivity index (χ2n) is 5.20. The fourth-order valence-electron chi connectivity index (χ4n) is 2.33. The number of rotatable bonds is 6. The van der Waals surface area contributed by atoms with Crippen LogP contribution in [-0.2, 0) is 9.47 Å². The Morgan fingerprint density at radius 1 is 1.52 bits per heavy atom. The smallest absolute Gasteiger partial charge is 0.251 e. The van der Waals surface area contributed by atoms with Crippen LogP contribution in [0.15, 0.2) is 18.2 Å². The molecule has 6 nitrogen and oxygen atoms in total. The highest BCUT2D eigenvalue weighted by Gasteiger charge is 2.34. The molecule has 0 spiro atoms.